The first-order valence-electron chi connectivity index (χ1n) is 10.2. The predicted molar refractivity (Wildman–Crippen MR) is 112 cm³/mol. The largest absolute Gasteiger partial charge is 0.493 e. The highest BCUT2D eigenvalue weighted by Gasteiger charge is 2.41. The number of hydrogen-bond acceptors (Lipinski definition) is 4. The lowest BCUT2D eigenvalue weighted by molar-refractivity contribution is -0.137. The molecule has 0 bridgehead atoms. The van der Waals surface area contributed by atoms with Gasteiger partial charge in [-0.3, -0.25) is 14.5 Å². The quantitative estimate of drug-likeness (QED) is 0.645. The normalized spacial score (nSPS) is 19.2. The Hall–Kier alpha value is -3.29. The first-order chi connectivity index (χ1) is 15.3. The van der Waals surface area contributed by atoms with E-state index in [4.69, 9.17) is 9.47 Å². The highest BCUT2D eigenvalue weighted by molar-refractivity contribution is 6.07. The lowest BCUT2D eigenvalue weighted by Gasteiger charge is -2.38. The molecule has 5 nitrogen and oxygen atoms in total. The monoisotopic (exact) mass is 445 g/mol. The zero-order valence-electron chi connectivity index (χ0n) is 17.7. The van der Waals surface area contributed by atoms with Gasteiger partial charge < -0.3 is 9.47 Å². The van der Waals surface area contributed by atoms with Crippen molar-refractivity contribution in [1.82, 2.24) is 0 Å². The Bertz CT molecular complexity index is 1090. The fraction of sp³-hybridized carbons (Fsp3) is 0.333. The molecule has 1 aliphatic heterocycles. The molecule has 0 aromatic heterocycles. The number of halogens is 3. The third-order valence-corrected chi connectivity index (χ3v) is 5.94. The van der Waals surface area contributed by atoms with Crippen molar-refractivity contribution in [2.45, 2.75) is 37.8 Å². The summed E-state index contributed by atoms with van der Waals surface area (Å²) >= 11 is 0. The second kappa shape index (κ2) is 8.33. The van der Waals surface area contributed by atoms with Gasteiger partial charge in [0.2, 0.25) is 5.91 Å². The van der Waals surface area contributed by atoms with Crippen LogP contribution in [0.3, 0.4) is 0 Å². The zero-order valence-corrected chi connectivity index (χ0v) is 17.7. The number of allylic oxidation sites excluding steroid dienone is 2. The second-order valence-corrected chi connectivity index (χ2v) is 7.75. The zero-order chi connectivity index (χ0) is 23.0. The van der Waals surface area contributed by atoms with Crippen LogP contribution in [0.2, 0.25) is 0 Å². The fourth-order valence-electron chi connectivity index (χ4n) is 4.54. The molecule has 0 fully saturated rings. The molecule has 1 heterocycles. The van der Waals surface area contributed by atoms with Gasteiger partial charge in [-0.15, -0.1) is 0 Å². The summed E-state index contributed by atoms with van der Waals surface area (Å²) in [6.45, 7) is 0. The molecule has 0 unspecified atom stereocenters. The van der Waals surface area contributed by atoms with Crippen LogP contribution in [0, 0.1) is 0 Å². The molecule has 0 saturated heterocycles. The molecule has 168 valence electrons. The maximum Gasteiger partial charge on any atom is 0.416 e. The molecule has 0 spiro atoms. The maximum atomic E-state index is 13.3. The van der Waals surface area contributed by atoms with Gasteiger partial charge in [0, 0.05) is 41.3 Å². The summed E-state index contributed by atoms with van der Waals surface area (Å²) in [5.74, 6) is 0.0914. The topological polar surface area (TPSA) is 55.8 Å². The van der Waals surface area contributed by atoms with E-state index >= 15 is 0 Å². The Kier molecular flexibility index (Phi) is 5.71. The van der Waals surface area contributed by atoms with Crippen molar-refractivity contribution in [3.63, 3.8) is 0 Å². The predicted octanol–water partition coefficient (Wildman–Crippen LogP) is 5.25. The first-order valence-corrected chi connectivity index (χ1v) is 10.2. The number of amides is 1. The van der Waals surface area contributed by atoms with Gasteiger partial charge >= 0.3 is 6.18 Å². The van der Waals surface area contributed by atoms with Gasteiger partial charge in [-0.25, -0.2) is 0 Å². The summed E-state index contributed by atoms with van der Waals surface area (Å²) < 4.78 is 49.8. The number of Topliss-reactive ketones (excluding diaryl/α,β-unsaturated/α-hetero) is 1. The number of methoxy groups -OCH3 is 2. The third kappa shape index (κ3) is 3.74. The summed E-state index contributed by atoms with van der Waals surface area (Å²) in [6, 6.07) is 9.76. The van der Waals surface area contributed by atoms with Gasteiger partial charge in [-0.2, -0.15) is 13.2 Å². The molecule has 1 aliphatic carbocycles. The van der Waals surface area contributed by atoms with Crippen LogP contribution in [0.5, 0.6) is 11.5 Å². The standard InChI is InChI=1S/C24H22F3NO4/c1-31-20-8-3-5-16(23(20)32-2)17-13-21(30)28(18-6-4-7-19(29)22(17)18)15-11-9-14(10-12-15)24(25,26)27/h3,5,8-12,17H,4,6-7,13H2,1-2H3/t17-/m0/s1. The fourth-order valence-corrected chi connectivity index (χ4v) is 4.54. The third-order valence-electron chi connectivity index (χ3n) is 5.94. The number of benzene rings is 2. The average molecular weight is 445 g/mol. The summed E-state index contributed by atoms with van der Waals surface area (Å²) in [6.07, 6.45) is -3.06. The van der Waals surface area contributed by atoms with Crippen LogP contribution >= 0.6 is 0 Å². The minimum atomic E-state index is -4.47. The molecule has 1 atom stereocenters. The Balaban J connectivity index is 1.84. The van der Waals surface area contributed by atoms with E-state index in [-0.39, 0.29) is 18.1 Å². The molecular formula is C24H22F3NO4. The number of alkyl halides is 3. The van der Waals surface area contributed by atoms with Crippen LogP contribution in [0.25, 0.3) is 0 Å². The van der Waals surface area contributed by atoms with Gasteiger partial charge in [0.1, 0.15) is 0 Å². The summed E-state index contributed by atoms with van der Waals surface area (Å²) in [4.78, 5) is 27.7. The molecule has 2 aromatic rings. The van der Waals surface area contributed by atoms with E-state index in [9.17, 15) is 22.8 Å². The van der Waals surface area contributed by atoms with Crippen molar-refractivity contribution in [1.29, 1.82) is 0 Å². The van der Waals surface area contributed by atoms with E-state index in [0.29, 0.717) is 53.3 Å². The van der Waals surface area contributed by atoms with E-state index in [1.807, 2.05) is 0 Å². The molecule has 2 aliphatic rings. The molecule has 0 saturated carbocycles. The van der Waals surface area contributed by atoms with Crippen LogP contribution in [0.1, 0.15) is 42.7 Å². The van der Waals surface area contributed by atoms with Crippen molar-refractivity contribution in [2.24, 2.45) is 0 Å². The van der Waals surface area contributed by atoms with Crippen molar-refractivity contribution >= 4 is 17.4 Å². The van der Waals surface area contributed by atoms with Crippen LogP contribution in [0.15, 0.2) is 53.7 Å². The number of anilines is 1. The highest BCUT2D eigenvalue weighted by atomic mass is 19.4. The number of carbonyl (C=O) groups excluding carboxylic acids is 2. The van der Waals surface area contributed by atoms with Crippen molar-refractivity contribution in [2.75, 3.05) is 19.1 Å². The SMILES string of the molecule is COc1cccc([C@@H]2CC(=O)N(c3ccc(C(F)(F)F)cc3)C3=C2C(=O)CCC3)c1OC. The van der Waals surface area contributed by atoms with Crippen LogP contribution in [-0.2, 0) is 15.8 Å². The van der Waals surface area contributed by atoms with Crippen molar-refractivity contribution in [3.05, 3.63) is 64.9 Å². The van der Waals surface area contributed by atoms with Crippen molar-refractivity contribution in [3.8, 4) is 11.5 Å². The number of rotatable bonds is 4. The minimum Gasteiger partial charge on any atom is -0.493 e. The summed E-state index contributed by atoms with van der Waals surface area (Å²) in [7, 11) is 3.01. The number of hydrogen-bond donors (Lipinski definition) is 0. The smallest absolute Gasteiger partial charge is 0.416 e. The van der Waals surface area contributed by atoms with E-state index < -0.39 is 17.7 Å². The van der Waals surface area contributed by atoms with Gasteiger partial charge in [0.25, 0.3) is 0 Å². The summed E-state index contributed by atoms with van der Waals surface area (Å²) in [5.41, 5.74) is 1.27. The van der Waals surface area contributed by atoms with Crippen LogP contribution < -0.4 is 14.4 Å². The van der Waals surface area contributed by atoms with Gasteiger partial charge in [0.15, 0.2) is 17.3 Å². The van der Waals surface area contributed by atoms with Crippen LogP contribution in [-0.4, -0.2) is 25.9 Å². The number of ketones is 1. The molecule has 32 heavy (non-hydrogen) atoms. The number of para-hydroxylation sites is 1. The Labute approximate surface area is 183 Å². The maximum absolute atomic E-state index is 13.3. The lowest BCUT2D eigenvalue weighted by Crippen LogP contribution is -2.40. The molecule has 4 rings (SSSR count). The molecule has 1 amide bonds. The Morgan fingerprint density at radius 2 is 1.69 bits per heavy atom. The van der Waals surface area contributed by atoms with Gasteiger partial charge in [0.05, 0.1) is 19.8 Å². The lowest BCUT2D eigenvalue weighted by atomic mass is 9.76. The van der Waals surface area contributed by atoms with E-state index in [0.717, 1.165) is 12.1 Å². The van der Waals surface area contributed by atoms with Gasteiger partial charge in [-0.05, 0) is 43.2 Å². The number of nitrogens with zero attached hydrogens (tertiary/aromatic N) is 1. The molecular weight excluding hydrogens is 423 g/mol. The highest BCUT2D eigenvalue weighted by Crippen LogP contribution is 2.47. The molecule has 0 radical (unpaired) electrons. The van der Waals surface area contributed by atoms with Crippen molar-refractivity contribution < 1.29 is 32.2 Å². The van der Waals surface area contributed by atoms with E-state index in [1.165, 1.54) is 31.3 Å². The van der Waals surface area contributed by atoms with E-state index in [1.54, 1.807) is 18.2 Å². The molecule has 0 N–H and O–H groups in total. The summed E-state index contributed by atoms with van der Waals surface area (Å²) in [5, 5.41) is 0. The Morgan fingerprint density at radius 3 is 2.31 bits per heavy atom. The first kappa shape index (κ1) is 21.9. The molecule has 8 heteroatoms. The van der Waals surface area contributed by atoms with Crippen LogP contribution in [0.4, 0.5) is 18.9 Å². The second-order valence-electron chi connectivity index (χ2n) is 7.75. The van der Waals surface area contributed by atoms with E-state index in [2.05, 4.69) is 0 Å². The average Bonchev–Trinajstić information content (AvgIpc) is 2.77. The number of carbonyl (C=O) groups is 2. The molecule has 2 aromatic carbocycles. The Morgan fingerprint density at radius 1 is 0.969 bits per heavy atom. The number of ether oxygens (including phenoxy) is 2. The minimum absolute atomic E-state index is 0.00484. The van der Waals surface area contributed by atoms with Gasteiger partial charge in [-0.1, -0.05) is 12.1 Å².